The van der Waals surface area contributed by atoms with Gasteiger partial charge in [-0.1, -0.05) is 13.0 Å². The molecule has 1 atom stereocenters. The summed E-state index contributed by atoms with van der Waals surface area (Å²) in [4.78, 5) is 0. The monoisotopic (exact) mass is 325 g/mol. The second-order valence-electron chi connectivity index (χ2n) is 4.53. The van der Waals surface area contributed by atoms with E-state index in [2.05, 4.69) is 28.2 Å². The highest BCUT2D eigenvalue weighted by atomic mass is 79.9. The SMILES string of the molecule is CCNC(Cc1cc(F)ccc1C)c1ccoc1Br. The molecule has 1 heterocycles. The number of halogens is 2. The van der Waals surface area contributed by atoms with Crippen LogP contribution < -0.4 is 5.32 Å². The van der Waals surface area contributed by atoms with Crippen LogP contribution in [0.2, 0.25) is 0 Å². The summed E-state index contributed by atoms with van der Waals surface area (Å²) in [7, 11) is 0. The predicted octanol–water partition coefficient (Wildman–Crippen LogP) is 4.38. The molecule has 0 aliphatic carbocycles. The maximum atomic E-state index is 13.4. The lowest BCUT2D eigenvalue weighted by atomic mass is 9.97. The van der Waals surface area contributed by atoms with Crippen molar-refractivity contribution in [3.05, 3.63) is 57.7 Å². The van der Waals surface area contributed by atoms with Crippen molar-refractivity contribution in [1.82, 2.24) is 5.32 Å². The fraction of sp³-hybridized carbons (Fsp3) is 0.333. The van der Waals surface area contributed by atoms with Crippen molar-refractivity contribution in [3.8, 4) is 0 Å². The van der Waals surface area contributed by atoms with E-state index in [0.717, 1.165) is 34.3 Å². The van der Waals surface area contributed by atoms with Gasteiger partial charge in [-0.2, -0.15) is 0 Å². The topological polar surface area (TPSA) is 25.2 Å². The number of furan rings is 1. The molecule has 2 nitrogen and oxygen atoms in total. The smallest absolute Gasteiger partial charge is 0.173 e. The van der Waals surface area contributed by atoms with Crippen LogP contribution in [-0.2, 0) is 6.42 Å². The van der Waals surface area contributed by atoms with Gasteiger partial charge in [0.1, 0.15) is 5.82 Å². The van der Waals surface area contributed by atoms with Crippen LogP contribution >= 0.6 is 15.9 Å². The minimum absolute atomic E-state index is 0.110. The molecule has 0 aliphatic heterocycles. The van der Waals surface area contributed by atoms with E-state index < -0.39 is 0 Å². The van der Waals surface area contributed by atoms with E-state index in [1.54, 1.807) is 12.3 Å². The summed E-state index contributed by atoms with van der Waals surface area (Å²) >= 11 is 3.40. The minimum Gasteiger partial charge on any atom is -0.457 e. The molecule has 0 fully saturated rings. The fourth-order valence-corrected chi connectivity index (χ4v) is 2.69. The van der Waals surface area contributed by atoms with Gasteiger partial charge in [-0.05, 0) is 65.1 Å². The van der Waals surface area contributed by atoms with Crippen molar-refractivity contribution >= 4 is 15.9 Å². The van der Waals surface area contributed by atoms with Gasteiger partial charge in [0.25, 0.3) is 0 Å². The third kappa shape index (κ3) is 3.45. The van der Waals surface area contributed by atoms with Crippen LogP contribution in [-0.4, -0.2) is 6.54 Å². The molecule has 0 spiro atoms. The standard InChI is InChI=1S/C15H17BrFNO/c1-3-18-14(13-6-7-19-15(13)16)9-11-8-12(17)5-4-10(11)2/h4-8,14,18H,3,9H2,1-2H3. The fourth-order valence-electron chi connectivity index (χ4n) is 2.17. The summed E-state index contributed by atoms with van der Waals surface area (Å²) in [5, 5.41) is 3.41. The lowest BCUT2D eigenvalue weighted by molar-refractivity contribution is 0.505. The van der Waals surface area contributed by atoms with Crippen LogP contribution in [0.5, 0.6) is 0 Å². The van der Waals surface area contributed by atoms with Crippen LogP contribution in [0, 0.1) is 12.7 Å². The van der Waals surface area contributed by atoms with Gasteiger partial charge < -0.3 is 9.73 Å². The molecule has 2 aromatic rings. The maximum absolute atomic E-state index is 13.4. The molecule has 2 rings (SSSR count). The van der Waals surface area contributed by atoms with Crippen LogP contribution in [0.4, 0.5) is 4.39 Å². The van der Waals surface area contributed by atoms with Crippen molar-refractivity contribution in [2.75, 3.05) is 6.54 Å². The van der Waals surface area contributed by atoms with E-state index in [-0.39, 0.29) is 11.9 Å². The van der Waals surface area contributed by atoms with Gasteiger partial charge in [-0.15, -0.1) is 0 Å². The normalized spacial score (nSPS) is 12.6. The van der Waals surface area contributed by atoms with E-state index in [4.69, 9.17) is 4.42 Å². The molecule has 102 valence electrons. The highest BCUT2D eigenvalue weighted by Gasteiger charge is 2.17. The van der Waals surface area contributed by atoms with Crippen molar-refractivity contribution in [1.29, 1.82) is 0 Å². The quantitative estimate of drug-likeness (QED) is 0.882. The first-order valence-corrected chi connectivity index (χ1v) is 7.12. The Morgan fingerprint density at radius 2 is 2.16 bits per heavy atom. The van der Waals surface area contributed by atoms with Gasteiger partial charge in [-0.3, -0.25) is 0 Å². The average molecular weight is 326 g/mol. The van der Waals surface area contributed by atoms with Gasteiger partial charge in [0.05, 0.1) is 6.26 Å². The second kappa shape index (κ2) is 6.35. The Balaban J connectivity index is 2.26. The zero-order chi connectivity index (χ0) is 13.8. The van der Waals surface area contributed by atoms with E-state index in [0.29, 0.717) is 0 Å². The zero-order valence-corrected chi connectivity index (χ0v) is 12.6. The Labute approximate surface area is 121 Å². The van der Waals surface area contributed by atoms with Crippen molar-refractivity contribution < 1.29 is 8.81 Å². The molecule has 1 unspecified atom stereocenters. The molecule has 4 heteroatoms. The van der Waals surface area contributed by atoms with Crippen LogP contribution in [0.25, 0.3) is 0 Å². The lowest BCUT2D eigenvalue weighted by Crippen LogP contribution is -2.23. The number of hydrogen-bond donors (Lipinski definition) is 1. The summed E-state index contributed by atoms with van der Waals surface area (Å²) in [5.74, 6) is -0.192. The molecule has 0 amide bonds. The van der Waals surface area contributed by atoms with E-state index in [1.165, 1.54) is 6.07 Å². The van der Waals surface area contributed by atoms with E-state index in [9.17, 15) is 4.39 Å². The number of likely N-dealkylation sites (N-methyl/N-ethyl adjacent to an activating group) is 1. The Morgan fingerprint density at radius 3 is 2.79 bits per heavy atom. The van der Waals surface area contributed by atoms with Gasteiger partial charge in [0.15, 0.2) is 4.67 Å². The van der Waals surface area contributed by atoms with E-state index in [1.807, 2.05) is 19.1 Å². The average Bonchev–Trinajstić information content (AvgIpc) is 2.79. The Bertz CT molecular complexity index is 553. The summed E-state index contributed by atoms with van der Waals surface area (Å²) < 4.78 is 19.4. The summed E-state index contributed by atoms with van der Waals surface area (Å²) in [6.07, 6.45) is 2.39. The number of nitrogens with one attached hydrogen (secondary N) is 1. The molecule has 0 saturated heterocycles. The second-order valence-corrected chi connectivity index (χ2v) is 5.26. The van der Waals surface area contributed by atoms with Crippen LogP contribution in [0.15, 0.2) is 39.6 Å². The summed E-state index contributed by atoms with van der Waals surface area (Å²) in [6, 6.07) is 6.96. The molecule has 1 N–H and O–H groups in total. The molecule has 1 aromatic carbocycles. The minimum atomic E-state index is -0.192. The number of aryl methyl sites for hydroxylation is 1. The van der Waals surface area contributed by atoms with Gasteiger partial charge in [-0.25, -0.2) is 4.39 Å². The Kier molecular flexibility index (Phi) is 4.77. The number of rotatable bonds is 5. The molecule has 1 aromatic heterocycles. The molecule has 0 bridgehead atoms. The molecule has 0 saturated carbocycles. The van der Waals surface area contributed by atoms with Gasteiger partial charge >= 0.3 is 0 Å². The van der Waals surface area contributed by atoms with Crippen molar-refractivity contribution in [2.45, 2.75) is 26.3 Å². The number of hydrogen-bond acceptors (Lipinski definition) is 2. The summed E-state index contributed by atoms with van der Waals surface area (Å²) in [5.41, 5.74) is 3.17. The lowest BCUT2D eigenvalue weighted by Gasteiger charge is -2.18. The molecular weight excluding hydrogens is 309 g/mol. The first kappa shape index (κ1) is 14.3. The number of benzene rings is 1. The third-order valence-corrected chi connectivity index (χ3v) is 3.85. The molecule has 19 heavy (non-hydrogen) atoms. The maximum Gasteiger partial charge on any atom is 0.173 e. The van der Waals surface area contributed by atoms with Crippen molar-refractivity contribution in [3.63, 3.8) is 0 Å². The Morgan fingerprint density at radius 1 is 1.37 bits per heavy atom. The van der Waals surface area contributed by atoms with Crippen LogP contribution in [0.1, 0.15) is 29.7 Å². The predicted molar refractivity (Wildman–Crippen MR) is 77.7 cm³/mol. The highest BCUT2D eigenvalue weighted by molar-refractivity contribution is 9.10. The van der Waals surface area contributed by atoms with Gasteiger partial charge in [0.2, 0.25) is 0 Å². The highest BCUT2D eigenvalue weighted by Crippen LogP contribution is 2.28. The zero-order valence-electron chi connectivity index (χ0n) is 11.0. The first-order chi connectivity index (χ1) is 9.11. The molecular formula is C15H17BrFNO. The molecule has 0 radical (unpaired) electrons. The largest absolute Gasteiger partial charge is 0.457 e. The van der Waals surface area contributed by atoms with E-state index >= 15 is 0 Å². The third-order valence-electron chi connectivity index (χ3n) is 3.21. The first-order valence-electron chi connectivity index (χ1n) is 6.33. The van der Waals surface area contributed by atoms with Crippen LogP contribution in [0.3, 0.4) is 0 Å². The van der Waals surface area contributed by atoms with Crippen molar-refractivity contribution in [2.24, 2.45) is 0 Å². The molecule has 0 aliphatic rings. The Hall–Kier alpha value is -1.13. The van der Waals surface area contributed by atoms with Gasteiger partial charge in [0, 0.05) is 11.6 Å². The summed E-state index contributed by atoms with van der Waals surface area (Å²) in [6.45, 7) is 4.90.